The fourth-order valence-corrected chi connectivity index (χ4v) is 8.42. The van der Waals surface area contributed by atoms with Crippen LogP contribution < -0.4 is 29.6 Å². The Morgan fingerprint density at radius 1 is 0.921 bits per heavy atom. The van der Waals surface area contributed by atoms with E-state index in [-0.39, 0.29) is 47.0 Å². The van der Waals surface area contributed by atoms with Crippen molar-refractivity contribution in [2.45, 2.75) is 49.6 Å². The Labute approximate surface area is 374 Å². The number of aliphatic hydroxyl groups is 1. The lowest BCUT2D eigenvalue weighted by Crippen LogP contribution is -2.37. The van der Waals surface area contributed by atoms with Crippen LogP contribution in [-0.2, 0) is 9.53 Å². The van der Waals surface area contributed by atoms with Gasteiger partial charge in [0.2, 0.25) is 5.91 Å². The summed E-state index contributed by atoms with van der Waals surface area (Å²) in [5, 5.41) is 24.0. The second-order valence-corrected chi connectivity index (χ2v) is 16.7. The molecule has 2 fully saturated rings. The molecule has 0 aliphatic carbocycles. The standard InChI is InChI=1S/C42H50N6O11S2.CH4O/c1-27-12-13-47(25-27)41(51)31-20-36(56-5)38(22-33(31)45-42(52)59-16-9-17-60-61-39-11-10-30(23-43-39)48(53)54)58-15-8-6-7-14-57-37-21-32(29(26-49)19-35(37)55-4)44-40(50)34-18-28(2)24-46(34)3;1-2/h10-11,19-23,26,34H,1-2,6-9,12-18,24-25H2,3-5H3,(H,44,50)(H,45,52);2H,1H3. The molecule has 2 aromatic carbocycles. The van der Waals surface area contributed by atoms with Crippen LogP contribution in [0.2, 0.25) is 0 Å². The molecule has 0 bridgehead atoms. The normalized spacial score (nSPS) is 14.6. The topological polar surface area (TPSA) is 221 Å². The van der Waals surface area contributed by atoms with Gasteiger partial charge in [0.1, 0.15) is 11.2 Å². The molecule has 2 aliphatic heterocycles. The molecule has 1 unspecified atom stereocenters. The number of carbonyl (C=O) groups excluding carboxylic acids is 4. The van der Waals surface area contributed by atoms with Crippen molar-refractivity contribution in [2.75, 3.05) is 84.2 Å². The minimum atomic E-state index is -0.745. The Balaban J connectivity index is 0.00000429. The molecule has 3 N–H and O–H groups in total. The van der Waals surface area contributed by atoms with Gasteiger partial charge in [-0.25, -0.2) is 9.78 Å². The van der Waals surface area contributed by atoms with Gasteiger partial charge >= 0.3 is 6.09 Å². The Morgan fingerprint density at radius 3 is 2.17 bits per heavy atom. The molecule has 63 heavy (non-hydrogen) atoms. The number of amides is 3. The maximum atomic E-state index is 13.6. The number of anilines is 2. The molecule has 2 saturated heterocycles. The van der Waals surface area contributed by atoms with Crippen molar-refractivity contribution in [1.29, 1.82) is 0 Å². The van der Waals surface area contributed by atoms with E-state index >= 15 is 0 Å². The zero-order valence-electron chi connectivity index (χ0n) is 35.8. The van der Waals surface area contributed by atoms with E-state index in [1.54, 1.807) is 29.2 Å². The van der Waals surface area contributed by atoms with Gasteiger partial charge in [0.25, 0.3) is 11.6 Å². The average molecular weight is 911 g/mol. The van der Waals surface area contributed by atoms with Gasteiger partial charge < -0.3 is 39.0 Å². The maximum absolute atomic E-state index is 13.6. The van der Waals surface area contributed by atoms with Crippen molar-refractivity contribution < 1.29 is 52.9 Å². The average Bonchev–Trinajstić information content (AvgIpc) is 3.88. The van der Waals surface area contributed by atoms with Gasteiger partial charge in [-0.05, 0) is 74.6 Å². The fraction of sp³-hybridized carbons (Fsp3) is 0.419. The number of aromatic nitrogens is 1. The minimum absolute atomic E-state index is 0.0826. The van der Waals surface area contributed by atoms with E-state index in [4.69, 9.17) is 28.8 Å². The van der Waals surface area contributed by atoms with Crippen molar-refractivity contribution in [3.05, 3.63) is 88.1 Å². The van der Waals surface area contributed by atoms with Crippen LogP contribution in [0.4, 0.5) is 21.9 Å². The van der Waals surface area contributed by atoms with E-state index < -0.39 is 11.0 Å². The number of aliphatic hydroxyl groups excluding tert-OH is 1. The summed E-state index contributed by atoms with van der Waals surface area (Å²) in [6.07, 6.45) is 4.86. The molecule has 0 spiro atoms. The molecule has 20 heteroatoms. The first-order valence-corrected chi connectivity index (χ1v) is 22.3. The molecular weight excluding hydrogens is 857 g/mol. The highest BCUT2D eigenvalue weighted by Gasteiger charge is 2.31. The molecule has 1 aromatic heterocycles. The van der Waals surface area contributed by atoms with Crippen LogP contribution in [0.3, 0.4) is 0 Å². The summed E-state index contributed by atoms with van der Waals surface area (Å²) in [7, 11) is 8.63. The van der Waals surface area contributed by atoms with Crippen molar-refractivity contribution in [3.8, 4) is 23.0 Å². The first kappa shape index (κ1) is 49.8. The summed E-state index contributed by atoms with van der Waals surface area (Å²) in [4.78, 5) is 69.5. The number of pyridine rings is 1. The third-order valence-electron chi connectivity index (χ3n) is 9.70. The van der Waals surface area contributed by atoms with Crippen molar-refractivity contribution in [3.63, 3.8) is 0 Å². The lowest BCUT2D eigenvalue weighted by Gasteiger charge is -2.20. The molecule has 3 amide bonds. The van der Waals surface area contributed by atoms with Crippen molar-refractivity contribution >= 4 is 62.8 Å². The predicted molar refractivity (Wildman–Crippen MR) is 242 cm³/mol. The quantitative estimate of drug-likeness (QED) is 0.0230. The van der Waals surface area contributed by atoms with Gasteiger partial charge in [-0.3, -0.25) is 34.7 Å². The van der Waals surface area contributed by atoms with E-state index in [0.717, 1.165) is 18.3 Å². The van der Waals surface area contributed by atoms with E-state index in [2.05, 4.69) is 28.8 Å². The molecule has 2 aliphatic rings. The number of likely N-dealkylation sites (tertiary alicyclic amines) is 2. The van der Waals surface area contributed by atoms with E-state index in [0.29, 0.717) is 117 Å². The number of nitro groups is 1. The SMILES string of the molecule is C=C1CCN(C(=O)c2cc(OC)c(OCCCCCOc3cc(NC(=O)C4CC(=C)CN4C)c(C=O)cc3OC)cc2NC(=O)OCCCSSc2ccc([N+](=O)[O-])cn2)C1.CO. The van der Waals surface area contributed by atoms with E-state index in [1.165, 1.54) is 54.1 Å². The molecule has 1 atom stereocenters. The lowest BCUT2D eigenvalue weighted by molar-refractivity contribution is -0.385. The van der Waals surface area contributed by atoms with Gasteiger partial charge in [-0.1, -0.05) is 35.1 Å². The molecule has 0 saturated carbocycles. The minimum Gasteiger partial charge on any atom is -0.493 e. The number of nitrogens with one attached hydrogen (secondary N) is 2. The van der Waals surface area contributed by atoms with Crippen LogP contribution in [0, 0.1) is 10.1 Å². The summed E-state index contributed by atoms with van der Waals surface area (Å²) in [5.74, 6) is 1.47. The molecule has 3 aromatic rings. The first-order chi connectivity index (χ1) is 30.4. The highest BCUT2D eigenvalue weighted by molar-refractivity contribution is 8.76. The number of methoxy groups -OCH3 is 2. The fourth-order valence-electron chi connectivity index (χ4n) is 6.50. The molecular formula is C43H54N6O12S2. The highest BCUT2D eigenvalue weighted by atomic mass is 33.1. The monoisotopic (exact) mass is 910 g/mol. The summed E-state index contributed by atoms with van der Waals surface area (Å²) >= 11 is 0. The third-order valence-corrected chi connectivity index (χ3v) is 12.1. The smallest absolute Gasteiger partial charge is 0.411 e. The van der Waals surface area contributed by atoms with Gasteiger partial charge in [-0.15, -0.1) is 0 Å². The Kier molecular flexibility index (Phi) is 20.0. The number of likely N-dealkylation sites (N-methyl/N-ethyl adjacent to an activating group) is 1. The van der Waals surface area contributed by atoms with Crippen molar-refractivity contribution in [1.82, 2.24) is 14.8 Å². The Bertz CT molecular complexity index is 2110. The van der Waals surface area contributed by atoms with Gasteiger partial charge in [-0.2, -0.15) is 0 Å². The van der Waals surface area contributed by atoms with Crippen LogP contribution in [0.1, 0.15) is 59.2 Å². The van der Waals surface area contributed by atoms with E-state index in [1.807, 2.05) is 11.9 Å². The Hall–Kier alpha value is -5.83. The number of unbranched alkanes of at least 4 members (excludes halogenated alkanes) is 2. The second kappa shape index (κ2) is 25.3. The summed E-state index contributed by atoms with van der Waals surface area (Å²) < 4.78 is 28.6. The number of ether oxygens (including phenoxy) is 5. The van der Waals surface area contributed by atoms with Crippen molar-refractivity contribution in [2.24, 2.45) is 0 Å². The summed E-state index contributed by atoms with van der Waals surface area (Å²) in [6, 6.07) is 8.81. The number of hydrogen-bond donors (Lipinski definition) is 3. The number of nitrogens with zero attached hydrogens (tertiary/aromatic N) is 4. The predicted octanol–water partition coefficient (Wildman–Crippen LogP) is 7.04. The van der Waals surface area contributed by atoms with Crippen LogP contribution >= 0.6 is 21.6 Å². The number of aldehydes is 1. The molecule has 18 nitrogen and oxygen atoms in total. The number of rotatable bonds is 22. The zero-order valence-corrected chi connectivity index (χ0v) is 37.5. The lowest BCUT2D eigenvalue weighted by atomic mass is 10.1. The number of hydrogen-bond acceptors (Lipinski definition) is 16. The van der Waals surface area contributed by atoms with Gasteiger partial charge in [0.05, 0.1) is 61.9 Å². The highest BCUT2D eigenvalue weighted by Crippen LogP contribution is 2.37. The first-order valence-electron chi connectivity index (χ1n) is 20.0. The van der Waals surface area contributed by atoms with Crippen LogP contribution in [0.25, 0.3) is 0 Å². The summed E-state index contributed by atoms with van der Waals surface area (Å²) in [5.41, 5.74) is 2.83. The molecule has 0 radical (unpaired) electrons. The zero-order chi connectivity index (χ0) is 45.9. The molecule has 3 heterocycles. The largest absolute Gasteiger partial charge is 0.493 e. The maximum Gasteiger partial charge on any atom is 0.411 e. The second-order valence-electron chi connectivity index (χ2n) is 14.2. The number of carbonyl (C=O) groups is 4. The molecule has 340 valence electrons. The Morgan fingerprint density at radius 2 is 1.60 bits per heavy atom. The van der Waals surface area contributed by atoms with Crippen LogP contribution in [0.15, 0.2) is 71.9 Å². The number of benzene rings is 2. The summed E-state index contributed by atoms with van der Waals surface area (Å²) in [6.45, 7) is 10.2. The molecule has 5 rings (SSSR count). The van der Waals surface area contributed by atoms with Gasteiger partial charge in [0, 0.05) is 56.3 Å². The van der Waals surface area contributed by atoms with Crippen LogP contribution in [-0.4, -0.2) is 129 Å². The third kappa shape index (κ3) is 14.6. The van der Waals surface area contributed by atoms with Crippen LogP contribution in [0.5, 0.6) is 23.0 Å². The van der Waals surface area contributed by atoms with E-state index in [9.17, 15) is 29.3 Å². The van der Waals surface area contributed by atoms with Gasteiger partial charge in [0.15, 0.2) is 29.3 Å².